The first-order valence-corrected chi connectivity index (χ1v) is 3.19. The second kappa shape index (κ2) is 26.8. The summed E-state index contributed by atoms with van der Waals surface area (Å²) >= 11 is 0. The van der Waals surface area contributed by atoms with E-state index in [2.05, 4.69) is 19.6 Å². The summed E-state index contributed by atoms with van der Waals surface area (Å²) in [6.45, 7) is 0. The Labute approximate surface area is 146 Å². The molecule has 0 aliphatic heterocycles. The fourth-order valence-electron chi connectivity index (χ4n) is 0. The van der Waals surface area contributed by atoms with E-state index in [0.717, 1.165) is 0 Å². The maximum atomic E-state index is 8.83. The molecule has 0 aromatic carbocycles. The standard InChI is InChI=1S/4CH2O4.Ce/c4*2-1(3)5-4;/h4*4H,(H,2,3);/q;;;;+4/p-4. The summed E-state index contributed by atoms with van der Waals surface area (Å²) in [6.07, 6.45) is -7.20. The Hall–Kier alpha value is -1.70. The summed E-state index contributed by atoms with van der Waals surface area (Å²) in [5, 5.41) is 62.9. The van der Waals surface area contributed by atoms with Gasteiger partial charge in [-0.1, -0.05) is 0 Å². The molecule has 0 unspecified atom stereocenters. The summed E-state index contributed by atoms with van der Waals surface area (Å²) in [7, 11) is 0. The molecule has 120 valence electrons. The van der Waals surface area contributed by atoms with E-state index in [9.17, 15) is 0 Å². The van der Waals surface area contributed by atoms with Crippen LogP contribution in [0.1, 0.15) is 0 Å². The molecule has 0 aromatic rings. The quantitative estimate of drug-likeness (QED) is 0.202. The van der Waals surface area contributed by atoms with E-state index in [-0.39, 0.29) is 41.7 Å². The summed E-state index contributed by atoms with van der Waals surface area (Å²) in [5.41, 5.74) is 0. The molecule has 16 nitrogen and oxygen atoms in total. The molecule has 0 bridgehead atoms. The minimum absolute atomic E-state index is 0. The molecule has 17 heteroatoms. The minimum Gasteiger partial charge on any atom is -0.659 e. The fraction of sp³-hybridized carbons (Fsp3) is 0. The van der Waals surface area contributed by atoms with Gasteiger partial charge < -0.3 is 61.0 Å². The number of hydrogen-bond acceptors (Lipinski definition) is 12. The molecular formula is C4H4CeO16. The summed E-state index contributed by atoms with van der Waals surface area (Å²) < 4.78 is 0. The average Bonchev–Trinajstić information content (AvgIpc) is 2.40. The first-order chi connectivity index (χ1) is 9.08. The van der Waals surface area contributed by atoms with E-state index in [1.807, 2.05) is 0 Å². The zero-order valence-corrected chi connectivity index (χ0v) is 12.3. The Bertz CT molecular complexity index is 217. The van der Waals surface area contributed by atoms with Gasteiger partial charge in [-0.25, -0.2) is 19.2 Å². The van der Waals surface area contributed by atoms with E-state index in [1.54, 1.807) is 0 Å². The number of hydrogen-bond donors (Lipinski definition) is 4. The van der Waals surface area contributed by atoms with Gasteiger partial charge in [0.05, 0.1) is 0 Å². The van der Waals surface area contributed by atoms with Crippen LogP contribution in [-0.4, -0.2) is 45.0 Å². The van der Waals surface area contributed by atoms with Crippen molar-refractivity contribution in [1.29, 1.82) is 0 Å². The Kier molecular flexibility index (Phi) is 40.3. The summed E-state index contributed by atoms with van der Waals surface area (Å²) in [5.74, 6) is 0. The van der Waals surface area contributed by atoms with Crippen LogP contribution in [0.4, 0.5) is 19.2 Å². The van der Waals surface area contributed by atoms with Gasteiger partial charge in [-0.2, -0.15) is 0 Å². The molecule has 0 aliphatic rings. The molecule has 0 radical (unpaired) electrons. The topological polar surface area (TPSA) is 278 Å². The van der Waals surface area contributed by atoms with Gasteiger partial charge in [-0.15, -0.1) is 0 Å². The van der Waals surface area contributed by atoms with Crippen molar-refractivity contribution in [3.05, 3.63) is 0 Å². The van der Waals surface area contributed by atoms with Crippen molar-refractivity contribution >= 4 is 24.6 Å². The molecular weight excluding hydrogens is 444 g/mol. The van der Waals surface area contributed by atoms with Gasteiger partial charge in [0.1, 0.15) is 0 Å². The van der Waals surface area contributed by atoms with Gasteiger partial charge in [0.15, 0.2) is 0 Å². The van der Waals surface area contributed by atoms with Crippen molar-refractivity contribution in [2.24, 2.45) is 0 Å². The third-order valence-corrected chi connectivity index (χ3v) is 0.285. The first-order valence-electron chi connectivity index (χ1n) is 3.19. The molecule has 0 saturated heterocycles. The van der Waals surface area contributed by atoms with Crippen molar-refractivity contribution in [1.82, 2.24) is 0 Å². The molecule has 0 heterocycles. The summed E-state index contributed by atoms with van der Waals surface area (Å²) in [4.78, 5) is 45.0. The Morgan fingerprint density at radius 3 is 0.571 bits per heavy atom. The van der Waals surface area contributed by atoms with Gasteiger partial charge >= 0.3 is 66.4 Å². The average molecular weight is 448 g/mol. The second-order valence-corrected chi connectivity index (χ2v) is 1.40. The molecule has 0 atom stereocenters. The van der Waals surface area contributed by atoms with Gasteiger partial charge in [-0.05, 0) is 0 Å². The van der Waals surface area contributed by atoms with Crippen molar-refractivity contribution < 1.29 is 122 Å². The molecule has 0 fully saturated rings. The number of rotatable bonds is 0. The second-order valence-electron chi connectivity index (χ2n) is 1.40. The molecule has 0 spiro atoms. The van der Waals surface area contributed by atoms with Crippen molar-refractivity contribution in [3.8, 4) is 0 Å². The molecule has 0 rings (SSSR count). The van der Waals surface area contributed by atoms with E-state index in [1.165, 1.54) is 0 Å². The van der Waals surface area contributed by atoms with Gasteiger partial charge in [-0.3, -0.25) is 0 Å². The zero-order valence-electron chi connectivity index (χ0n) is 9.19. The van der Waals surface area contributed by atoms with E-state index in [4.69, 9.17) is 60.6 Å². The first kappa shape index (κ1) is 31.6. The minimum atomic E-state index is -1.80. The normalized spacial score (nSPS) is 6.29. The van der Waals surface area contributed by atoms with E-state index >= 15 is 0 Å². The van der Waals surface area contributed by atoms with Crippen LogP contribution in [0.2, 0.25) is 0 Å². The number of carboxylic acid groups (broad SMARTS) is 4. The fourth-order valence-corrected chi connectivity index (χ4v) is 0. The van der Waals surface area contributed by atoms with Crippen LogP contribution in [0.5, 0.6) is 0 Å². The third kappa shape index (κ3) is 123. The van der Waals surface area contributed by atoms with E-state index < -0.39 is 24.6 Å². The van der Waals surface area contributed by atoms with Crippen LogP contribution >= 0.6 is 0 Å². The van der Waals surface area contributed by atoms with Crippen LogP contribution in [0.25, 0.3) is 0 Å². The Balaban J connectivity index is -0.0000000533. The van der Waals surface area contributed by atoms with Crippen molar-refractivity contribution in [3.63, 3.8) is 0 Å². The van der Waals surface area contributed by atoms with Gasteiger partial charge in [0, 0.05) is 0 Å². The van der Waals surface area contributed by atoms with Crippen LogP contribution in [-0.2, 0) is 19.6 Å². The van der Waals surface area contributed by atoms with E-state index in [0.29, 0.717) is 0 Å². The molecule has 0 saturated carbocycles. The predicted octanol–water partition coefficient (Wildman–Crippen LogP) is -4.17. The van der Waals surface area contributed by atoms with Crippen LogP contribution in [0.3, 0.4) is 0 Å². The number of carbonyl (C=O) groups is 4. The monoisotopic (exact) mass is 448 g/mol. The maximum absolute atomic E-state index is 8.83. The predicted molar refractivity (Wildman–Crippen MR) is 36.4 cm³/mol. The molecule has 0 amide bonds. The maximum Gasteiger partial charge on any atom is 4.00 e. The van der Waals surface area contributed by atoms with Crippen molar-refractivity contribution in [2.75, 3.05) is 0 Å². The summed E-state index contributed by atoms with van der Waals surface area (Å²) in [6, 6.07) is 0. The van der Waals surface area contributed by atoms with Gasteiger partial charge in [0.2, 0.25) is 0 Å². The largest absolute Gasteiger partial charge is 4.00 e. The zero-order chi connectivity index (χ0) is 17.1. The molecule has 21 heavy (non-hydrogen) atoms. The Morgan fingerprint density at radius 1 is 0.524 bits per heavy atom. The van der Waals surface area contributed by atoms with Gasteiger partial charge in [0.25, 0.3) is 0 Å². The third-order valence-electron chi connectivity index (χ3n) is 0.285. The van der Waals surface area contributed by atoms with Crippen molar-refractivity contribution in [2.45, 2.75) is 0 Å². The Morgan fingerprint density at radius 2 is 0.571 bits per heavy atom. The van der Waals surface area contributed by atoms with Crippen LogP contribution in [0.15, 0.2) is 0 Å². The molecule has 0 aromatic heterocycles. The molecule has 4 N–H and O–H groups in total. The van der Waals surface area contributed by atoms with Crippen LogP contribution < -0.4 is 21.0 Å². The SMILES string of the molecule is O=C(O)O[O-].O=C(O)O[O-].O=C(O)O[O-].O=C(O)O[O-].[Ce+4]. The molecule has 0 aliphatic carbocycles. The smallest absolute Gasteiger partial charge is 0.659 e. The van der Waals surface area contributed by atoms with Crippen LogP contribution in [0, 0.1) is 41.7 Å².